The van der Waals surface area contributed by atoms with Crippen molar-refractivity contribution >= 4 is 6.21 Å². The van der Waals surface area contributed by atoms with E-state index in [0.717, 1.165) is 23.5 Å². The molecule has 3 rings (SSSR count). The number of halogens is 2. The van der Waals surface area contributed by atoms with Crippen LogP contribution in [-0.2, 0) is 0 Å². The lowest BCUT2D eigenvalue weighted by molar-refractivity contribution is 0.508. The van der Waals surface area contributed by atoms with E-state index in [0.29, 0.717) is 11.5 Å². The van der Waals surface area contributed by atoms with Crippen LogP contribution in [0.2, 0.25) is 0 Å². The van der Waals surface area contributed by atoms with Crippen LogP contribution < -0.4 is 0 Å². The summed E-state index contributed by atoms with van der Waals surface area (Å²) in [5.74, 6) is -1.42. The topological polar surface area (TPSA) is 60.9 Å². The molecule has 112 valence electrons. The summed E-state index contributed by atoms with van der Waals surface area (Å²) in [4.78, 5) is 0. The Morgan fingerprint density at radius 1 is 1.14 bits per heavy atom. The SMILES string of the molecule is Cc1cc(C)n(-c2nncn2/N=C\c2ccc(F)c(F)c2)n1. The molecule has 1 aromatic carbocycles. The maximum Gasteiger partial charge on any atom is 0.273 e. The highest BCUT2D eigenvalue weighted by Gasteiger charge is 2.10. The fourth-order valence-electron chi connectivity index (χ4n) is 2.00. The van der Waals surface area contributed by atoms with Gasteiger partial charge in [-0.3, -0.25) is 0 Å². The van der Waals surface area contributed by atoms with Crippen LogP contribution in [0.5, 0.6) is 0 Å². The maximum atomic E-state index is 13.2. The summed E-state index contributed by atoms with van der Waals surface area (Å²) in [5.41, 5.74) is 2.15. The van der Waals surface area contributed by atoms with Crippen LogP contribution in [0.3, 0.4) is 0 Å². The largest absolute Gasteiger partial charge is 0.273 e. The Morgan fingerprint density at radius 2 is 1.95 bits per heavy atom. The molecule has 0 saturated heterocycles. The summed E-state index contributed by atoms with van der Waals surface area (Å²) in [6.07, 6.45) is 2.79. The second-order valence-corrected chi connectivity index (χ2v) is 4.73. The van der Waals surface area contributed by atoms with Crippen LogP contribution >= 0.6 is 0 Å². The number of rotatable bonds is 3. The van der Waals surface area contributed by atoms with E-state index < -0.39 is 11.6 Å². The highest BCUT2D eigenvalue weighted by atomic mass is 19.2. The van der Waals surface area contributed by atoms with Crippen molar-refractivity contribution < 1.29 is 8.78 Å². The van der Waals surface area contributed by atoms with Crippen LogP contribution in [0.4, 0.5) is 8.78 Å². The summed E-state index contributed by atoms with van der Waals surface area (Å²) < 4.78 is 29.1. The minimum absolute atomic E-state index is 0.407. The minimum Gasteiger partial charge on any atom is -0.204 e. The van der Waals surface area contributed by atoms with Gasteiger partial charge in [0.1, 0.15) is 6.33 Å². The standard InChI is InChI=1S/C14H12F2N6/c1-9-5-10(2)22(20-9)14-19-17-8-21(14)18-7-11-3-4-12(15)13(16)6-11/h3-8H,1-2H3/b18-7-. The smallest absolute Gasteiger partial charge is 0.204 e. The first-order valence-electron chi connectivity index (χ1n) is 6.47. The Labute approximate surface area is 124 Å². The zero-order valence-electron chi connectivity index (χ0n) is 11.9. The van der Waals surface area contributed by atoms with Crippen LogP contribution in [0.1, 0.15) is 17.0 Å². The Kier molecular flexibility index (Phi) is 3.50. The number of benzene rings is 1. The summed E-state index contributed by atoms with van der Waals surface area (Å²) in [6, 6.07) is 5.43. The van der Waals surface area contributed by atoms with Crippen molar-refractivity contribution in [3.05, 3.63) is 59.2 Å². The highest BCUT2D eigenvalue weighted by molar-refractivity contribution is 5.79. The van der Waals surface area contributed by atoms with Gasteiger partial charge in [0, 0.05) is 5.69 Å². The molecule has 22 heavy (non-hydrogen) atoms. The molecule has 0 unspecified atom stereocenters. The molecule has 2 aromatic heterocycles. The van der Waals surface area contributed by atoms with Crippen molar-refractivity contribution in [1.82, 2.24) is 24.7 Å². The predicted molar refractivity (Wildman–Crippen MR) is 76.0 cm³/mol. The van der Waals surface area contributed by atoms with Gasteiger partial charge in [0.05, 0.1) is 11.9 Å². The molecule has 0 N–H and O–H groups in total. The first-order valence-corrected chi connectivity index (χ1v) is 6.47. The molecule has 0 aliphatic rings. The van der Waals surface area contributed by atoms with Gasteiger partial charge in [0.25, 0.3) is 5.95 Å². The van der Waals surface area contributed by atoms with Gasteiger partial charge >= 0.3 is 0 Å². The Bertz CT molecular complexity index is 849. The summed E-state index contributed by atoms with van der Waals surface area (Å²) in [5, 5.41) is 16.2. The summed E-state index contributed by atoms with van der Waals surface area (Å²) >= 11 is 0. The Morgan fingerprint density at radius 3 is 2.64 bits per heavy atom. The first kappa shape index (κ1) is 14.1. The van der Waals surface area contributed by atoms with E-state index in [1.807, 2.05) is 19.9 Å². The second-order valence-electron chi connectivity index (χ2n) is 4.73. The first-order chi connectivity index (χ1) is 10.5. The third kappa shape index (κ3) is 2.62. The van der Waals surface area contributed by atoms with Crippen molar-refractivity contribution in [3.63, 3.8) is 0 Å². The second kappa shape index (κ2) is 5.47. The number of nitrogens with zero attached hydrogens (tertiary/aromatic N) is 6. The monoisotopic (exact) mass is 302 g/mol. The third-order valence-corrected chi connectivity index (χ3v) is 2.99. The zero-order chi connectivity index (χ0) is 15.7. The van der Waals surface area contributed by atoms with E-state index in [2.05, 4.69) is 20.4 Å². The van der Waals surface area contributed by atoms with Crippen molar-refractivity contribution in [2.45, 2.75) is 13.8 Å². The van der Waals surface area contributed by atoms with Crippen LogP contribution in [0.25, 0.3) is 5.95 Å². The van der Waals surface area contributed by atoms with Gasteiger partial charge in [0.15, 0.2) is 11.6 Å². The number of hydrogen-bond acceptors (Lipinski definition) is 4. The fraction of sp³-hybridized carbons (Fsp3) is 0.143. The third-order valence-electron chi connectivity index (χ3n) is 2.99. The average molecular weight is 302 g/mol. The van der Waals surface area contributed by atoms with Crippen molar-refractivity contribution in [2.75, 3.05) is 0 Å². The molecule has 0 atom stereocenters. The van der Waals surface area contributed by atoms with Gasteiger partial charge in [0.2, 0.25) is 0 Å². The molecule has 0 aliphatic heterocycles. The van der Waals surface area contributed by atoms with Crippen molar-refractivity contribution in [3.8, 4) is 5.95 Å². The van der Waals surface area contributed by atoms with Crippen molar-refractivity contribution in [1.29, 1.82) is 0 Å². The number of aryl methyl sites for hydroxylation is 2. The molecule has 6 nitrogen and oxygen atoms in total. The molecular weight excluding hydrogens is 290 g/mol. The molecule has 8 heteroatoms. The lowest BCUT2D eigenvalue weighted by Crippen LogP contribution is -2.06. The molecule has 2 heterocycles. The molecule has 0 saturated carbocycles. The van der Waals surface area contributed by atoms with Crippen LogP contribution in [-0.4, -0.2) is 30.9 Å². The molecule has 3 aromatic rings. The Hall–Kier alpha value is -2.90. The molecule has 0 fully saturated rings. The van der Waals surface area contributed by atoms with Crippen LogP contribution in [0, 0.1) is 25.5 Å². The maximum absolute atomic E-state index is 13.2. The molecule has 0 bridgehead atoms. The normalized spacial score (nSPS) is 11.5. The predicted octanol–water partition coefficient (Wildman–Crippen LogP) is 2.24. The fourth-order valence-corrected chi connectivity index (χ4v) is 2.00. The van der Waals surface area contributed by atoms with E-state index in [9.17, 15) is 8.78 Å². The van der Waals surface area contributed by atoms with Gasteiger partial charge < -0.3 is 0 Å². The van der Waals surface area contributed by atoms with Gasteiger partial charge in [-0.05, 0) is 37.6 Å². The molecule has 0 aliphatic carbocycles. The number of hydrogen-bond donors (Lipinski definition) is 0. The van der Waals surface area contributed by atoms with E-state index in [4.69, 9.17) is 0 Å². The molecule has 0 amide bonds. The van der Waals surface area contributed by atoms with Gasteiger partial charge in [-0.15, -0.1) is 10.2 Å². The van der Waals surface area contributed by atoms with E-state index in [1.54, 1.807) is 4.68 Å². The van der Waals surface area contributed by atoms with E-state index >= 15 is 0 Å². The van der Waals surface area contributed by atoms with Crippen LogP contribution in [0.15, 0.2) is 35.7 Å². The van der Waals surface area contributed by atoms with Gasteiger partial charge in [-0.25, -0.2) is 13.5 Å². The molecule has 0 spiro atoms. The summed E-state index contributed by atoms with van der Waals surface area (Å²) in [7, 11) is 0. The molecular formula is C14H12F2N6. The quantitative estimate of drug-likeness (QED) is 0.697. The van der Waals surface area contributed by atoms with Crippen molar-refractivity contribution in [2.24, 2.45) is 5.10 Å². The van der Waals surface area contributed by atoms with Gasteiger partial charge in [-0.2, -0.15) is 14.9 Å². The Balaban J connectivity index is 1.94. The summed E-state index contributed by atoms with van der Waals surface area (Å²) in [6.45, 7) is 3.76. The van der Waals surface area contributed by atoms with Gasteiger partial charge in [-0.1, -0.05) is 6.07 Å². The molecule has 0 radical (unpaired) electrons. The van der Waals surface area contributed by atoms with E-state index in [1.165, 1.54) is 23.3 Å². The number of aromatic nitrogens is 5. The lowest BCUT2D eigenvalue weighted by atomic mass is 10.2. The minimum atomic E-state index is -0.925. The zero-order valence-corrected chi connectivity index (χ0v) is 11.9. The lowest BCUT2D eigenvalue weighted by Gasteiger charge is -2.02. The average Bonchev–Trinajstić information content (AvgIpc) is 3.06. The highest BCUT2D eigenvalue weighted by Crippen LogP contribution is 2.10. The van der Waals surface area contributed by atoms with E-state index in [-0.39, 0.29) is 0 Å².